The lowest BCUT2D eigenvalue weighted by molar-refractivity contribution is 0.247. The fraction of sp³-hybridized carbons (Fsp3) is 0.143. The third kappa shape index (κ3) is 3.28. The molecule has 142 valence electrons. The third-order valence-electron chi connectivity index (χ3n) is 4.82. The van der Waals surface area contributed by atoms with Gasteiger partial charge in [-0.15, -0.1) is 0 Å². The number of halogens is 1. The summed E-state index contributed by atoms with van der Waals surface area (Å²) in [6, 6.07) is 16.0. The van der Waals surface area contributed by atoms with Gasteiger partial charge in [-0.05, 0) is 47.0 Å². The lowest BCUT2D eigenvalue weighted by Gasteiger charge is -2.18. The maximum atomic E-state index is 12.8. The number of fused-ring (bicyclic) bond motifs is 1. The number of nitrogens with zero attached hydrogens (tertiary/aromatic N) is 2. The van der Waals surface area contributed by atoms with Crippen LogP contribution in [0.15, 0.2) is 65.6 Å². The number of hydrogen-bond donors (Lipinski definition) is 3. The molecule has 0 saturated heterocycles. The molecule has 0 aliphatic heterocycles. The number of H-pyrrole nitrogens is 1. The number of aliphatic hydroxyl groups is 1. The number of nitrogens with one attached hydrogen (secondary N) is 2. The number of hydrogen-bond acceptors (Lipinski definition) is 4. The zero-order valence-electron chi connectivity index (χ0n) is 15.2. The minimum absolute atomic E-state index is 0.197. The highest BCUT2D eigenvalue weighted by Crippen LogP contribution is 2.27. The number of aromatic amines is 1. The number of benzene rings is 2. The molecule has 0 fully saturated rings. The fourth-order valence-electron chi connectivity index (χ4n) is 3.38. The summed E-state index contributed by atoms with van der Waals surface area (Å²) in [6.07, 6.45) is 1.71. The zero-order chi connectivity index (χ0) is 19.7. The first kappa shape index (κ1) is 18.3. The Labute approximate surface area is 166 Å². The van der Waals surface area contributed by atoms with E-state index in [1.54, 1.807) is 30.5 Å². The molecule has 2 heterocycles. The molecule has 0 amide bonds. The first-order valence-electron chi connectivity index (χ1n) is 8.85. The van der Waals surface area contributed by atoms with E-state index in [9.17, 15) is 9.90 Å². The summed E-state index contributed by atoms with van der Waals surface area (Å²) in [4.78, 5) is 12.8. The van der Waals surface area contributed by atoms with Crippen LogP contribution in [0.2, 0.25) is 5.02 Å². The Morgan fingerprint density at radius 1 is 1.18 bits per heavy atom. The van der Waals surface area contributed by atoms with Gasteiger partial charge in [-0.1, -0.05) is 29.8 Å². The molecule has 2 aromatic heterocycles. The van der Waals surface area contributed by atoms with E-state index < -0.39 is 6.04 Å². The molecular weight excluding hydrogens is 376 g/mol. The molecular formula is C21H19ClN4O2. The lowest BCUT2D eigenvalue weighted by atomic mass is 10.0. The topological polar surface area (TPSA) is 82.9 Å². The van der Waals surface area contributed by atoms with Crippen LogP contribution in [-0.4, -0.2) is 33.5 Å². The predicted molar refractivity (Wildman–Crippen MR) is 112 cm³/mol. The highest BCUT2D eigenvalue weighted by Gasteiger charge is 2.15. The molecule has 4 aromatic rings. The van der Waals surface area contributed by atoms with Gasteiger partial charge >= 0.3 is 0 Å². The number of aromatic nitrogens is 3. The van der Waals surface area contributed by atoms with Gasteiger partial charge in [-0.3, -0.25) is 9.89 Å². The highest BCUT2D eigenvalue weighted by atomic mass is 35.5. The minimum Gasteiger partial charge on any atom is -0.394 e. The van der Waals surface area contributed by atoms with Crippen LogP contribution < -0.4 is 10.9 Å². The van der Waals surface area contributed by atoms with Crippen molar-refractivity contribution in [2.45, 2.75) is 6.04 Å². The van der Waals surface area contributed by atoms with Crippen molar-refractivity contribution in [1.82, 2.24) is 14.8 Å². The van der Waals surface area contributed by atoms with Crippen molar-refractivity contribution in [3.63, 3.8) is 0 Å². The molecule has 0 aliphatic rings. The molecule has 1 atom stereocenters. The standard InChI is InChI=1S/C21H19ClN4O2/c1-23-21-17-10-13(5-6-18(17)24-25-21)14-7-8-26(20(28)11-14)19(12-27)15-3-2-4-16(22)9-15/h2-11,19,27H,12H2,1H3,(H2,23,24,25). The number of rotatable bonds is 5. The summed E-state index contributed by atoms with van der Waals surface area (Å²) in [5, 5.41) is 21.6. The molecule has 0 saturated carbocycles. The first-order valence-corrected chi connectivity index (χ1v) is 9.23. The number of aliphatic hydroxyl groups excluding tert-OH is 1. The highest BCUT2D eigenvalue weighted by molar-refractivity contribution is 6.30. The lowest BCUT2D eigenvalue weighted by Crippen LogP contribution is -2.26. The average Bonchev–Trinajstić information content (AvgIpc) is 3.12. The Morgan fingerprint density at radius 2 is 2.00 bits per heavy atom. The Bertz CT molecular complexity index is 1200. The van der Waals surface area contributed by atoms with Crippen LogP contribution in [0.1, 0.15) is 11.6 Å². The second-order valence-corrected chi connectivity index (χ2v) is 6.93. The van der Waals surface area contributed by atoms with E-state index in [1.165, 1.54) is 4.57 Å². The van der Waals surface area contributed by atoms with E-state index in [-0.39, 0.29) is 12.2 Å². The van der Waals surface area contributed by atoms with Crippen LogP contribution in [0, 0.1) is 0 Å². The van der Waals surface area contributed by atoms with Crippen molar-refractivity contribution in [3.8, 4) is 11.1 Å². The summed E-state index contributed by atoms with van der Waals surface area (Å²) in [7, 11) is 1.81. The van der Waals surface area contributed by atoms with Crippen LogP contribution in [0.4, 0.5) is 5.82 Å². The van der Waals surface area contributed by atoms with Gasteiger partial charge in [0.05, 0.1) is 18.2 Å². The van der Waals surface area contributed by atoms with Crippen LogP contribution in [-0.2, 0) is 0 Å². The second kappa shape index (κ2) is 7.50. The summed E-state index contributed by atoms with van der Waals surface area (Å²) in [5.74, 6) is 0.756. The van der Waals surface area contributed by atoms with Gasteiger partial charge in [0.2, 0.25) is 0 Å². The van der Waals surface area contributed by atoms with Crippen molar-refractivity contribution in [2.75, 3.05) is 19.0 Å². The van der Waals surface area contributed by atoms with E-state index in [1.807, 2.05) is 37.4 Å². The van der Waals surface area contributed by atoms with Gasteiger partial charge in [-0.2, -0.15) is 5.10 Å². The number of pyridine rings is 1. The minimum atomic E-state index is -0.493. The normalized spacial score (nSPS) is 12.2. The molecule has 2 aromatic carbocycles. The second-order valence-electron chi connectivity index (χ2n) is 6.50. The maximum absolute atomic E-state index is 12.8. The van der Waals surface area contributed by atoms with Crippen molar-refractivity contribution in [2.24, 2.45) is 0 Å². The largest absolute Gasteiger partial charge is 0.394 e. The summed E-state index contributed by atoms with van der Waals surface area (Å²) >= 11 is 6.06. The molecule has 0 aliphatic carbocycles. The molecule has 3 N–H and O–H groups in total. The molecule has 0 spiro atoms. The summed E-state index contributed by atoms with van der Waals surface area (Å²) in [5.41, 5.74) is 3.22. The molecule has 4 rings (SSSR count). The van der Waals surface area contributed by atoms with Gasteiger partial charge in [-0.25, -0.2) is 0 Å². The fourth-order valence-corrected chi connectivity index (χ4v) is 3.58. The van der Waals surface area contributed by atoms with Crippen molar-refractivity contribution in [3.05, 3.63) is 81.7 Å². The van der Waals surface area contributed by atoms with Crippen LogP contribution >= 0.6 is 11.6 Å². The molecule has 0 bridgehead atoms. The Hall–Kier alpha value is -3.09. The number of anilines is 1. The van der Waals surface area contributed by atoms with Gasteiger partial charge in [0, 0.05) is 29.7 Å². The molecule has 6 nitrogen and oxygen atoms in total. The van der Waals surface area contributed by atoms with Gasteiger partial charge in [0.1, 0.15) is 0 Å². The Kier molecular flexibility index (Phi) is 4.90. The van der Waals surface area contributed by atoms with E-state index in [2.05, 4.69) is 15.5 Å². The molecule has 7 heteroatoms. The molecule has 1 unspecified atom stereocenters. The predicted octanol–water partition coefficient (Wildman–Crippen LogP) is 3.67. The summed E-state index contributed by atoms with van der Waals surface area (Å²) in [6.45, 7) is -0.202. The SMILES string of the molecule is CNc1n[nH]c2ccc(-c3ccn(C(CO)c4cccc(Cl)c4)c(=O)c3)cc12. The van der Waals surface area contributed by atoms with Gasteiger partial charge in [0.15, 0.2) is 5.82 Å². The van der Waals surface area contributed by atoms with Gasteiger partial charge in [0.25, 0.3) is 5.56 Å². The summed E-state index contributed by atoms with van der Waals surface area (Å²) < 4.78 is 1.52. The van der Waals surface area contributed by atoms with Crippen molar-refractivity contribution >= 4 is 28.3 Å². The first-order chi connectivity index (χ1) is 13.6. The molecule has 0 radical (unpaired) electrons. The van der Waals surface area contributed by atoms with E-state index >= 15 is 0 Å². The maximum Gasteiger partial charge on any atom is 0.251 e. The van der Waals surface area contributed by atoms with Crippen LogP contribution in [0.5, 0.6) is 0 Å². The average molecular weight is 395 g/mol. The van der Waals surface area contributed by atoms with E-state index in [4.69, 9.17) is 11.6 Å². The molecule has 28 heavy (non-hydrogen) atoms. The Balaban J connectivity index is 1.74. The Morgan fingerprint density at radius 3 is 2.71 bits per heavy atom. The van der Waals surface area contributed by atoms with Crippen LogP contribution in [0.3, 0.4) is 0 Å². The van der Waals surface area contributed by atoms with Crippen molar-refractivity contribution in [1.29, 1.82) is 0 Å². The van der Waals surface area contributed by atoms with Crippen molar-refractivity contribution < 1.29 is 5.11 Å². The quantitative estimate of drug-likeness (QED) is 0.482. The van der Waals surface area contributed by atoms with Gasteiger partial charge < -0.3 is 15.0 Å². The van der Waals surface area contributed by atoms with E-state index in [0.717, 1.165) is 33.4 Å². The monoisotopic (exact) mass is 394 g/mol. The smallest absolute Gasteiger partial charge is 0.251 e. The van der Waals surface area contributed by atoms with Crippen LogP contribution in [0.25, 0.3) is 22.0 Å². The van der Waals surface area contributed by atoms with E-state index in [0.29, 0.717) is 5.02 Å². The third-order valence-corrected chi connectivity index (χ3v) is 5.06. The zero-order valence-corrected chi connectivity index (χ0v) is 15.9.